The van der Waals surface area contributed by atoms with E-state index in [1.165, 1.54) is 0 Å². The van der Waals surface area contributed by atoms with Gasteiger partial charge in [-0.3, -0.25) is 4.79 Å². The molecule has 0 radical (unpaired) electrons. The van der Waals surface area contributed by atoms with Gasteiger partial charge in [0.2, 0.25) is 0 Å². The molecule has 4 rings (SSSR count). The fourth-order valence-corrected chi connectivity index (χ4v) is 3.84. The van der Waals surface area contributed by atoms with Crippen molar-refractivity contribution in [2.24, 2.45) is 5.92 Å². The lowest BCUT2D eigenvalue weighted by Gasteiger charge is -2.21. The van der Waals surface area contributed by atoms with Crippen LogP contribution in [-0.2, 0) is 11.3 Å². The highest BCUT2D eigenvalue weighted by molar-refractivity contribution is 7.18. The van der Waals surface area contributed by atoms with Gasteiger partial charge in [-0.1, -0.05) is 5.16 Å². The van der Waals surface area contributed by atoms with E-state index in [2.05, 4.69) is 15.5 Å². The van der Waals surface area contributed by atoms with Gasteiger partial charge in [-0.05, 0) is 37.8 Å². The number of rotatable bonds is 6. The number of carbonyl (C=O) groups is 1. The molecule has 0 atom stereocenters. The van der Waals surface area contributed by atoms with E-state index in [-0.39, 0.29) is 18.2 Å². The number of amides is 1. The highest BCUT2D eigenvalue weighted by Gasteiger charge is 2.17. The summed E-state index contributed by atoms with van der Waals surface area (Å²) in [7, 11) is 0. The number of aromatic nitrogens is 2. The summed E-state index contributed by atoms with van der Waals surface area (Å²) in [5.41, 5.74) is 1.19. The molecule has 1 aliphatic rings. The maximum atomic E-state index is 12.2. The molecule has 142 valence electrons. The number of benzene rings is 1. The Morgan fingerprint density at radius 1 is 1.33 bits per heavy atom. The summed E-state index contributed by atoms with van der Waals surface area (Å²) in [5.74, 6) is 1.44. The summed E-state index contributed by atoms with van der Waals surface area (Å²) >= 11 is 1.65. The number of ether oxygens (including phenoxy) is 2. The van der Waals surface area contributed by atoms with E-state index in [0.29, 0.717) is 24.0 Å². The molecule has 1 amide bonds. The van der Waals surface area contributed by atoms with E-state index in [4.69, 9.17) is 14.0 Å². The van der Waals surface area contributed by atoms with Crippen molar-refractivity contribution in [3.63, 3.8) is 0 Å². The van der Waals surface area contributed by atoms with Gasteiger partial charge in [-0.15, -0.1) is 11.3 Å². The lowest BCUT2D eigenvalue weighted by molar-refractivity contribution is 0.0641. The molecule has 1 N–H and O–H groups in total. The SMILES string of the molecule is Cc1nc2cc(OCc3cc(C(=O)NCC4CCOCC4)no3)ccc2s1. The number of fused-ring (bicyclic) bond motifs is 1. The zero-order valence-corrected chi connectivity index (χ0v) is 15.9. The van der Waals surface area contributed by atoms with Gasteiger partial charge in [0.25, 0.3) is 5.91 Å². The quantitative estimate of drug-likeness (QED) is 0.698. The average Bonchev–Trinajstić information content (AvgIpc) is 3.30. The highest BCUT2D eigenvalue weighted by atomic mass is 32.1. The van der Waals surface area contributed by atoms with E-state index in [0.717, 1.165) is 41.3 Å². The number of thiazole rings is 1. The Kier molecular flexibility index (Phi) is 5.35. The van der Waals surface area contributed by atoms with Crippen LogP contribution in [0.3, 0.4) is 0 Å². The van der Waals surface area contributed by atoms with Crippen molar-refractivity contribution in [1.29, 1.82) is 0 Å². The predicted octanol–water partition coefficient (Wildman–Crippen LogP) is 3.33. The first-order valence-corrected chi connectivity index (χ1v) is 9.80. The fraction of sp³-hybridized carbons (Fsp3) is 0.421. The molecular formula is C19H21N3O4S. The minimum Gasteiger partial charge on any atom is -0.485 e. The van der Waals surface area contributed by atoms with Crippen molar-refractivity contribution < 1.29 is 18.8 Å². The first-order valence-electron chi connectivity index (χ1n) is 8.99. The van der Waals surface area contributed by atoms with E-state index in [1.54, 1.807) is 17.4 Å². The number of hydrogen-bond donors (Lipinski definition) is 1. The van der Waals surface area contributed by atoms with Crippen molar-refractivity contribution in [2.75, 3.05) is 19.8 Å². The number of hydrogen-bond acceptors (Lipinski definition) is 7. The maximum absolute atomic E-state index is 12.2. The Labute approximate surface area is 160 Å². The van der Waals surface area contributed by atoms with Gasteiger partial charge in [0.05, 0.1) is 15.2 Å². The second-order valence-electron chi connectivity index (χ2n) is 6.60. The van der Waals surface area contributed by atoms with Crippen molar-refractivity contribution in [3.8, 4) is 5.75 Å². The molecule has 0 spiro atoms. The molecule has 0 saturated carbocycles. The zero-order chi connectivity index (χ0) is 18.6. The Hall–Kier alpha value is -2.45. The molecule has 27 heavy (non-hydrogen) atoms. The van der Waals surface area contributed by atoms with Crippen LogP contribution < -0.4 is 10.1 Å². The predicted molar refractivity (Wildman–Crippen MR) is 101 cm³/mol. The molecule has 1 aliphatic heterocycles. The van der Waals surface area contributed by atoms with Crippen LogP contribution in [-0.4, -0.2) is 35.8 Å². The summed E-state index contributed by atoms with van der Waals surface area (Å²) in [4.78, 5) is 16.7. The molecule has 0 unspecified atom stereocenters. The second-order valence-corrected chi connectivity index (χ2v) is 7.83. The Balaban J connectivity index is 1.30. The molecular weight excluding hydrogens is 366 g/mol. The number of nitrogens with zero attached hydrogens (tertiary/aromatic N) is 2. The summed E-state index contributed by atoms with van der Waals surface area (Å²) < 4.78 is 17.4. The summed E-state index contributed by atoms with van der Waals surface area (Å²) in [6, 6.07) is 7.41. The van der Waals surface area contributed by atoms with Gasteiger partial charge in [0, 0.05) is 31.9 Å². The first kappa shape index (κ1) is 17.9. The Morgan fingerprint density at radius 2 is 2.19 bits per heavy atom. The van der Waals surface area contributed by atoms with Crippen LogP contribution in [0.4, 0.5) is 0 Å². The van der Waals surface area contributed by atoms with E-state index in [9.17, 15) is 4.79 Å². The van der Waals surface area contributed by atoms with Crippen LogP contribution in [0.15, 0.2) is 28.8 Å². The van der Waals surface area contributed by atoms with Crippen LogP contribution in [0.1, 0.15) is 34.1 Å². The molecule has 2 aromatic heterocycles. The van der Waals surface area contributed by atoms with Gasteiger partial charge in [0.1, 0.15) is 12.4 Å². The number of nitrogens with one attached hydrogen (secondary N) is 1. The summed E-state index contributed by atoms with van der Waals surface area (Å²) in [5, 5.41) is 7.78. The van der Waals surface area contributed by atoms with Crippen LogP contribution in [0.25, 0.3) is 10.2 Å². The molecule has 1 aromatic carbocycles. The highest BCUT2D eigenvalue weighted by Crippen LogP contribution is 2.26. The van der Waals surface area contributed by atoms with Gasteiger partial charge >= 0.3 is 0 Å². The number of carbonyl (C=O) groups excluding carboxylic acids is 1. The minimum absolute atomic E-state index is 0.203. The van der Waals surface area contributed by atoms with E-state index < -0.39 is 0 Å². The lowest BCUT2D eigenvalue weighted by Crippen LogP contribution is -2.32. The van der Waals surface area contributed by atoms with Crippen LogP contribution in [0.5, 0.6) is 5.75 Å². The fourth-order valence-electron chi connectivity index (χ4n) is 3.03. The largest absolute Gasteiger partial charge is 0.485 e. The van der Waals surface area contributed by atoms with Gasteiger partial charge in [-0.2, -0.15) is 0 Å². The molecule has 0 bridgehead atoms. The van der Waals surface area contributed by atoms with Crippen LogP contribution in [0, 0.1) is 12.8 Å². The maximum Gasteiger partial charge on any atom is 0.273 e. The minimum atomic E-state index is -0.226. The monoisotopic (exact) mass is 387 g/mol. The first-order chi connectivity index (χ1) is 13.2. The molecule has 8 heteroatoms. The molecule has 0 aliphatic carbocycles. The third kappa shape index (κ3) is 4.45. The molecule has 3 heterocycles. The third-order valence-electron chi connectivity index (χ3n) is 4.53. The molecule has 3 aromatic rings. The topological polar surface area (TPSA) is 86.5 Å². The smallest absolute Gasteiger partial charge is 0.273 e. The van der Waals surface area contributed by atoms with Crippen molar-refractivity contribution >= 4 is 27.5 Å². The van der Waals surface area contributed by atoms with Crippen molar-refractivity contribution in [3.05, 3.63) is 40.7 Å². The Bertz CT molecular complexity index is 930. The van der Waals surface area contributed by atoms with Crippen LogP contribution >= 0.6 is 11.3 Å². The van der Waals surface area contributed by atoms with Gasteiger partial charge in [-0.25, -0.2) is 4.98 Å². The van der Waals surface area contributed by atoms with Crippen molar-refractivity contribution in [1.82, 2.24) is 15.5 Å². The molecule has 1 saturated heterocycles. The number of aryl methyl sites for hydroxylation is 1. The Morgan fingerprint density at radius 3 is 3.04 bits per heavy atom. The standard InChI is InChI=1S/C19H21N3O4S/c1-12-21-16-8-14(2-3-18(16)27-12)25-11-15-9-17(22-26-15)19(23)20-10-13-4-6-24-7-5-13/h2-3,8-9,13H,4-7,10-11H2,1H3,(H,20,23). The second kappa shape index (κ2) is 8.06. The molecule has 7 nitrogen and oxygen atoms in total. The zero-order valence-electron chi connectivity index (χ0n) is 15.1. The normalized spacial score (nSPS) is 15.1. The van der Waals surface area contributed by atoms with Crippen molar-refractivity contribution in [2.45, 2.75) is 26.4 Å². The lowest BCUT2D eigenvalue weighted by atomic mass is 10.0. The van der Waals surface area contributed by atoms with Crippen LogP contribution in [0.2, 0.25) is 0 Å². The van der Waals surface area contributed by atoms with E-state index in [1.807, 2.05) is 25.1 Å². The third-order valence-corrected chi connectivity index (χ3v) is 5.48. The summed E-state index contributed by atoms with van der Waals surface area (Å²) in [6.07, 6.45) is 1.95. The molecule has 1 fully saturated rings. The van der Waals surface area contributed by atoms with Gasteiger partial charge < -0.3 is 19.3 Å². The average molecular weight is 387 g/mol. The van der Waals surface area contributed by atoms with E-state index >= 15 is 0 Å². The summed E-state index contributed by atoms with van der Waals surface area (Å²) in [6.45, 7) is 4.34. The van der Waals surface area contributed by atoms with Gasteiger partial charge in [0.15, 0.2) is 11.5 Å².